The van der Waals surface area contributed by atoms with Crippen LogP contribution in [0.5, 0.6) is 0 Å². The monoisotopic (exact) mass is 154 g/mol. The van der Waals surface area contributed by atoms with Gasteiger partial charge in [-0.3, -0.25) is 0 Å². The standard InChI is InChI=1S/C10H18O/c1-7(2)5-8-6-9(8)10(3,4)11/h5,8-9,11H,6H2,1-4H3/t8-,9-/m0/s1. The van der Waals surface area contributed by atoms with Gasteiger partial charge in [-0.25, -0.2) is 0 Å². The third-order valence-corrected chi connectivity index (χ3v) is 2.29. The second kappa shape index (κ2) is 2.63. The van der Waals surface area contributed by atoms with E-state index in [0.29, 0.717) is 11.8 Å². The van der Waals surface area contributed by atoms with Crippen molar-refractivity contribution in [1.82, 2.24) is 0 Å². The van der Waals surface area contributed by atoms with Crippen molar-refractivity contribution >= 4 is 0 Å². The molecule has 1 heteroatoms. The minimum atomic E-state index is -0.476. The fourth-order valence-corrected chi connectivity index (χ4v) is 1.64. The van der Waals surface area contributed by atoms with Gasteiger partial charge in [0.1, 0.15) is 0 Å². The first-order chi connectivity index (χ1) is 4.91. The predicted octanol–water partition coefficient (Wildman–Crippen LogP) is 2.36. The van der Waals surface area contributed by atoms with E-state index in [1.165, 1.54) is 5.57 Å². The highest BCUT2D eigenvalue weighted by Crippen LogP contribution is 2.47. The van der Waals surface area contributed by atoms with Crippen molar-refractivity contribution in [2.75, 3.05) is 0 Å². The van der Waals surface area contributed by atoms with Gasteiger partial charge in [-0.05, 0) is 46.0 Å². The average molecular weight is 154 g/mol. The molecule has 1 aliphatic rings. The molecule has 1 nitrogen and oxygen atoms in total. The second-order valence-electron chi connectivity index (χ2n) is 4.40. The van der Waals surface area contributed by atoms with Crippen molar-refractivity contribution in [2.24, 2.45) is 11.8 Å². The van der Waals surface area contributed by atoms with Crippen LogP contribution >= 0.6 is 0 Å². The molecular weight excluding hydrogens is 136 g/mol. The van der Waals surface area contributed by atoms with Gasteiger partial charge in [-0.2, -0.15) is 0 Å². The summed E-state index contributed by atoms with van der Waals surface area (Å²) in [7, 11) is 0. The van der Waals surface area contributed by atoms with E-state index in [2.05, 4.69) is 19.9 Å². The molecule has 0 aromatic rings. The zero-order valence-corrected chi connectivity index (χ0v) is 7.89. The largest absolute Gasteiger partial charge is 0.390 e. The van der Waals surface area contributed by atoms with Crippen LogP contribution in [0.1, 0.15) is 34.1 Å². The summed E-state index contributed by atoms with van der Waals surface area (Å²) in [5, 5.41) is 9.61. The lowest BCUT2D eigenvalue weighted by Crippen LogP contribution is -2.22. The molecule has 11 heavy (non-hydrogen) atoms. The molecule has 1 N–H and O–H groups in total. The van der Waals surface area contributed by atoms with Crippen molar-refractivity contribution in [3.05, 3.63) is 11.6 Å². The highest BCUT2D eigenvalue weighted by atomic mass is 16.3. The Hall–Kier alpha value is -0.300. The quantitative estimate of drug-likeness (QED) is 0.605. The summed E-state index contributed by atoms with van der Waals surface area (Å²) < 4.78 is 0. The molecule has 0 bridgehead atoms. The molecular formula is C10H18O. The molecule has 0 unspecified atom stereocenters. The molecule has 0 aromatic heterocycles. The van der Waals surface area contributed by atoms with Crippen LogP contribution < -0.4 is 0 Å². The first-order valence-corrected chi connectivity index (χ1v) is 4.28. The summed E-state index contributed by atoms with van der Waals surface area (Å²) in [5.41, 5.74) is 0.887. The maximum absolute atomic E-state index is 9.61. The molecule has 1 fully saturated rings. The van der Waals surface area contributed by atoms with Gasteiger partial charge in [0, 0.05) is 0 Å². The van der Waals surface area contributed by atoms with E-state index in [0.717, 1.165) is 6.42 Å². The van der Waals surface area contributed by atoms with Gasteiger partial charge in [0.2, 0.25) is 0 Å². The molecule has 0 saturated heterocycles. The second-order valence-corrected chi connectivity index (χ2v) is 4.40. The first-order valence-electron chi connectivity index (χ1n) is 4.28. The summed E-state index contributed by atoms with van der Waals surface area (Å²) in [6, 6.07) is 0. The van der Waals surface area contributed by atoms with E-state index >= 15 is 0 Å². The highest BCUT2D eigenvalue weighted by molar-refractivity contribution is 5.10. The number of allylic oxidation sites excluding steroid dienone is 2. The normalized spacial score (nSPS) is 29.9. The smallest absolute Gasteiger partial charge is 0.0625 e. The molecule has 0 aromatic carbocycles. The van der Waals surface area contributed by atoms with Crippen LogP contribution in [-0.4, -0.2) is 10.7 Å². The van der Waals surface area contributed by atoms with Gasteiger partial charge in [-0.15, -0.1) is 0 Å². The number of hydrogen-bond donors (Lipinski definition) is 1. The van der Waals surface area contributed by atoms with Gasteiger partial charge in [-0.1, -0.05) is 11.6 Å². The summed E-state index contributed by atoms with van der Waals surface area (Å²) in [4.78, 5) is 0. The molecule has 1 saturated carbocycles. The predicted molar refractivity (Wildman–Crippen MR) is 47.3 cm³/mol. The third kappa shape index (κ3) is 2.33. The Bertz CT molecular complexity index is 170. The topological polar surface area (TPSA) is 20.2 Å². The van der Waals surface area contributed by atoms with E-state index in [-0.39, 0.29) is 0 Å². The van der Waals surface area contributed by atoms with Gasteiger partial charge in [0.15, 0.2) is 0 Å². The van der Waals surface area contributed by atoms with Crippen LogP contribution in [-0.2, 0) is 0 Å². The molecule has 0 spiro atoms. The lowest BCUT2D eigenvalue weighted by atomic mass is 10.0. The maximum atomic E-state index is 9.61. The summed E-state index contributed by atoms with van der Waals surface area (Å²) >= 11 is 0. The fourth-order valence-electron chi connectivity index (χ4n) is 1.64. The van der Waals surface area contributed by atoms with Gasteiger partial charge in [0.05, 0.1) is 5.60 Å². The van der Waals surface area contributed by atoms with E-state index in [4.69, 9.17) is 0 Å². The van der Waals surface area contributed by atoms with Crippen molar-refractivity contribution < 1.29 is 5.11 Å². The fraction of sp³-hybridized carbons (Fsp3) is 0.800. The van der Waals surface area contributed by atoms with E-state index in [1.54, 1.807) is 0 Å². The average Bonchev–Trinajstić information content (AvgIpc) is 2.40. The lowest BCUT2D eigenvalue weighted by Gasteiger charge is -2.15. The molecule has 0 amide bonds. The van der Waals surface area contributed by atoms with E-state index < -0.39 is 5.60 Å². The van der Waals surface area contributed by atoms with Crippen LogP contribution in [0.4, 0.5) is 0 Å². The van der Waals surface area contributed by atoms with Crippen molar-refractivity contribution in [2.45, 2.75) is 39.7 Å². The first kappa shape index (κ1) is 8.79. The molecule has 64 valence electrons. The number of hydrogen-bond acceptors (Lipinski definition) is 1. The zero-order valence-electron chi connectivity index (χ0n) is 7.89. The third-order valence-electron chi connectivity index (χ3n) is 2.29. The minimum Gasteiger partial charge on any atom is -0.390 e. The van der Waals surface area contributed by atoms with Crippen LogP contribution in [0.25, 0.3) is 0 Å². The lowest BCUT2D eigenvalue weighted by molar-refractivity contribution is 0.0533. The van der Waals surface area contributed by atoms with Crippen LogP contribution in [0.15, 0.2) is 11.6 Å². The Labute approximate surface area is 69.1 Å². The SMILES string of the molecule is CC(C)=C[C@H]1C[C@@H]1C(C)(C)O. The van der Waals surface area contributed by atoms with E-state index in [9.17, 15) is 5.11 Å². The number of aliphatic hydroxyl groups is 1. The van der Waals surface area contributed by atoms with Gasteiger partial charge >= 0.3 is 0 Å². The van der Waals surface area contributed by atoms with Crippen LogP contribution in [0, 0.1) is 11.8 Å². The Morgan fingerprint density at radius 1 is 1.45 bits per heavy atom. The highest BCUT2D eigenvalue weighted by Gasteiger charge is 2.45. The van der Waals surface area contributed by atoms with E-state index in [1.807, 2.05) is 13.8 Å². The number of rotatable bonds is 2. The van der Waals surface area contributed by atoms with Gasteiger partial charge in [0.25, 0.3) is 0 Å². The summed E-state index contributed by atoms with van der Waals surface area (Å²) in [5.74, 6) is 1.14. The van der Waals surface area contributed by atoms with Crippen LogP contribution in [0.3, 0.4) is 0 Å². The Morgan fingerprint density at radius 3 is 2.27 bits per heavy atom. The molecule has 0 aliphatic heterocycles. The molecule has 0 radical (unpaired) electrons. The maximum Gasteiger partial charge on any atom is 0.0625 e. The Morgan fingerprint density at radius 2 is 2.00 bits per heavy atom. The summed E-state index contributed by atoms with van der Waals surface area (Å²) in [6.45, 7) is 8.02. The Kier molecular flexibility index (Phi) is 2.10. The van der Waals surface area contributed by atoms with Gasteiger partial charge < -0.3 is 5.11 Å². The van der Waals surface area contributed by atoms with Crippen molar-refractivity contribution in [3.63, 3.8) is 0 Å². The molecule has 1 aliphatic carbocycles. The molecule has 1 rings (SSSR count). The molecule has 0 heterocycles. The van der Waals surface area contributed by atoms with Crippen LogP contribution in [0.2, 0.25) is 0 Å². The van der Waals surface area contributed by atoms with Crippen molar-refractivity contribution in [3.8, 4) is 0 Å². The minimum absolute atomic E-state index is 0.476. The zero-order chi connectivity index (χ0) is 8.65. The summed E-state index contributed by atoms with van der Waals surface area (Å²) in [6.07, 6.45) is 3.43. The molecule has 2 atom stereocenters. The Balaban J connectivity index is 2.44. The van der Waals surface area contributed by atoms with Crippen molar-refractivity contribution in [1.29, 1.82) is 0 Å².